The van der Waals surface area contributed by atoms with Crippen molar-refractivity contribution in [3.8, 4) is 11.1 Å². The van der Waals surface area contributed by atoms with E-state index in [0.717, 1.165) is 11.1 Å². The Bertz CT molecular complexity index is 847. The summed E-state index contributed by atoms with van der Waals surface area (Å²) in [6.07, 6.45) is 3.93. The fourth-order valence-corrected chi connectivity index (χ4v) is 2.54. The molecule has 0 amide bonds. The van der Waals surface area contributed by atoms with Crippen molar-refractivity contribution in [2.75, 3.05) is 7.11 Å². The van der Waals surface area contributed by atoms with Crippen molar-refractivity contribution >= 4 is 18.1 Å². The maximum atomic E-state index is 11.8. The lowest BCUT2D eigenvalue weighted by Crippen LogP contribution is -2.02. The molecule has 3 rings (SSSR count). The van der Waals surface area contributed by atoms with Gasteiger partial charge in [0.15, 0.2) is 0 Å². The molecular formula is C22H18O2. The lowest BCUT2D eigenvalue weighted by Gasteiger charge is -2.04. The lowest BCUT2D eigenvalue weighted by atomic mass is 10.0. The first kappa shape index (κ1) is 15.8. The normalized spacial score (nSPS) is 10.7. The van der Waals surface area contributed by atoms with Crippen molar-refractivity contribution in [2.24, 2.45) is 0 Å². The van der Waals surface area contributed by atoms with Crippen LogP contribution >= 0.6 is 0 Å². The van der Waals surface area contributed by atoms with Gasteiger partial charge in [-0.1, -0.05) is 84.9 Å². The first-order valence-electron chi connectivity index (χ1n) is 7.79. The molecule has 0 aliphatic heterocycles. The zero-order valence-corrected chi connectivity index (χ0v) is 13.5. The second-order valence-corrected chi connectivity index (χ2v) is 5.40. The molecule has 3 aromatic carbocycles. The van der Waals surface area contributed by atoms with Crippen LogP contribution in [-0.4, -0.2) is 13.1 Å². The molecule has 0 aliphatic rings. The standard InChI is InChI=1S/C22H18O2/c1-24-22(23)21-10-6-5-9-20(21)16-13-17-11-14-19(15-12-17)18-7-3-2-4-8-18/h2-16H,1H3. The van der Waals surface area contributed by atoms with E-state index in [2.05, 4.69) is 36.4 Å². The molecule has 0 saturated carbocycles. The van der Waals surface area contributed by atoms with Gasteiger partial charge in [0.2, 0.25) is 0 Å². The van der Waals surface area contributed by atoms with Gasteiger partial charge < -0.3 is 4.74 Å². The SMILES string of the molecule is COC(=O)c1ccccc1C=Cc1ccc(-c2ccccc2)cc1. The number of benzene rings is 3. The van der Waals surface area contributed by atoms with Crippen molar-refractivity contribution in [1.82, 2.24) is 0 Å². The molecule has 118 valence electrons. The van der Waals surface area contributed by atoms with Gasteiger partial charge in [0, 0.05) is 0 Å². The number of methoxy groups -OCH3 is 1. The highest BCUT2D eigenvalue weighted by Crippen LogP contribution is 2.20. The number of hydrogen-bond acceptors (Lipinski definition) is 2. The molecule has 0 N–H and O–H groups in total. The Morgan fingerprint density at radius 3 is 2.08 bits per heavy atom. The third-order valence-corrected chi connectivity index (χ3v) is 3.84. The average Bonchev–Trinajstić information content (AvgIpc) is 2.67. The van der Waals surface area contributed by atoms with Crippen LogP contribution in [-0.2, 0) is 4.74 Å². The number of carbonyl (C=O) groups is 1. The highest BCUT2D eigenvalue weighted by molar-refractivity contribution is 5.94. The lowest BCUT2D eigenvalue weighted by molar-refractivity contribution is 0.0600. The Balaban J connectivity index is 1.82. The third-order valence-electron chi connectivity index (χ3n) is 3.84. The summed E-state index contributed by atoms with van der Waals surface area (Å²) in [7, 11) is 1.39. The molecule has 0 saturated heterocycles. The van der Waals surface area contributed by atoms with Gasteiger partial charge in [-0.25, -0.2) is 4.79 Å². The van der Waals surface area contributed by atoms with E-state index in [1.165, 1.54) is 18.2 Å². The summed E-state index contributed by atoms with van der Waals surface area (Å²) in [4.78, 5) is 11.8. The highest BCUT2D eigenvalue weighted by Gasteiger charge is 2.08. The molecule has 2 heteroatoms. The Labute approximate surface area is 142 Å². The number of rotatable bonds is 4. The largest absolute Gasteiger partial charge is 0.465 e. The quantitative estimate of drug-likeness (QED) is 0.482. The van der Waals surface area contributed by atoms with Crippen LogP contribution in [0.1, 0.15) is 21.5 Å². The van der Waals surface area contributed by atoms with Gasteiger partial charge >= 0.3 is 5.97 Å². The van der Waals surface area contributed by atoms with E-state index >= 15 is 0 Å². The Hall–Kier alpha value is -3.13. The van der Waals surface area contributed by atoms with E-state index in [-0.39, 0.29) is 5.97 Å². The maximum absolute atomic E-state index is 11.8. The monoisotopic (exact) mass is 314 g/mol. The third kappa shape index (κ3) is 3.61. The van der Waals surface area contributed by atoms with Crippen LogP contribution in [0.3, 0.4) is 0 Å². The summed E-state index contributed by atoms with van der Waals surface area (Å²) in [5.41, 5.74) is 4.87. The van der Waals surface area contributed by atoms with E-state index in [1.54, 1.807) is 6.07 Å². The van der Waals surface area contributed by atoms with Crippen molar-refractivity contribution in [3.63, 3.8) is 0 Å². The summed E-state index contributed by atoms with van der Waals surface area (Å²) >= 11 is 0. The molecular weight excluding hydrogens is 296 g/mol. The number of esters is 1. The molecule has 3 aromatic rings. The van der Waals surface area contributed by atoms with Crippen LogP contribution in [0.2, 0.25) is 0 Å². The zero-order valence-electron chi connectivity index (χ0n) is 13.5. The molecule has 0 aliphatic carbocycles. The van der Waals surface area contributed by atoms with E-state index in [9.17, 15) is 4.79 Å². The summed E-state index contributed by atoms with van der Waals surface area (Å²) in [6.45, 7) is 0. The van der Waals surface area contributed by atoms with E-state index in [0.29, 0.717) is 5.56 Å². The van der Waals surface area contributed by atoms with Crippen molar-refractivity contribution in [3.05, 3.63) is 95.6 Å². The molecule has 0 unspecified atom stereocenters. The molecule has 0 aromatic heterocycles. The van der Waals surface area contributed by atoms with Crippen molar-refractivity contribution < 1.29 is 9.53 Å². The zero-order chi connectivity index (χ0) is 16.8. The molecule has 0 heterocycles. The predicted molar refractivity (Wildman–Crippen MR) is 98.6 cm³/mol. The fourth-order valence-electron chi connectivity index (χ4n) is 2.54. The first-order chi connectivity index (χ1) is 11.8. The minimum Gasteiger partial charge on any atom is -0.465 e. The van der Waals surface area contributed by atoms with Crippen LogP contribution in [0.5, 0.6) is 0 Å². The molecule has 2 nitrogen and oxygen atoms in total. The molecule has 24 heavy (non-hydrogen) atoms. The Morgan fingerprint density at radius 1 is 0.750 bits per heavy atom. The smallest absolute Gasteiger partial charge is 0.338 e. The average molecular weight is 314 g/mol. The predicted octanol–water partition coefficient (Wildman–Crippen LogP) is 5.31. The van der Waals surface area contributed by atoms with Gasteiger partial charge in [-0.05, 0) is 28.3 Å². The van der Waals surface area contributed by atoms with Gasteiger partial charge in [0.05, 0.1) is 12.7 Å². The highest BCUT2D eigenvalue weighted by atomic mass is 16.5. The van der Waals surface area contributed by atoms with E-state index in [4.69, 9.17) is 4.74 Å². The number of hydrogen-bond donors (Lipinski definition) is 0. The molecule has 0 fully saturated rings. The number of ether oxygens (including phenoxy) is 1. The van der Waals surface area contributed by atoms with Crippen LogP contribution in [0.4, 0.5) is 0 Å². The first-order valence-corrected chi connectivity index (χ1v) is 7.79. The van der Waals surface area contributed by atoms with E-state index < -0.39 is 0 Å². The van der Waals surface area contributed by atoms with Crippen LogP contribution in [0, 0.1) is 0 Å². The van der Waals surface area contributed by atoms with Gasteiger partial charge in [0.25, 0.3) is 0 Å². The van der Waals surface area contributed by atoms with Crippen molar-refractivity contribution in [1.29, 1.82) is 0 Å². The summed E-state index contributed by atoms with van der Waals surface area (Å²) in [6, 6.07) is 26.0. The van der Waals surface area contributed by atoms with Crippen LogP contribution < -0.4 is 0 Å². The van der Waals surface area contributed by atoms with Crippen molar-refractivity contribution in [2.45, 2.75) is 0 Å². The van der Waals surface area contributed by atoms with Crippen LogP contribution in [0.15, 0.2) is 78.9 Å². The Kier molecular flexibility index (Phi) is 4.87. The molecule has 0 radical (unpaired) electrons. The van der Waals surface area contributed by atoms with Gasteiger partial charge in [-0.3, -0.25) is 0 Å². The topological polar surface area (TPSA) is 26.3 Å². The second-order valence-electron chi connectivity index (χ2n) is 5.40. The summed E-state index contributed by atoms with van der Waals surface area (Å²) in [5.74, 6) is -0.324. The van der Waals surface area contributed by atoms with Gasteiger partial charge in [0.1, 0.15) is 0 Å². The molecule has 0 spiro atoms. The Morgan fingerprint density at radius 2 is 1.38 bits per heavy atom. The fraction of sp³-hybridized carbons (Fsp3) is 0.0455. The molecule has 0 atom stereocenters. The minimum atomic E-state index is -0.324. The van der Waals surface area contributed by atoms with Gasteiger partial charge in [-0.2, -0.15) is 0 Å². The summed E-state index contributed by atoms with van der Waals surface area (Å²) < 4.78 is 4.82. The van der Waals surface area contributed by atoms with Crippen LogP contribution in [0.25, 0.3) is 23.3 Å². The summed E-state index contributed by atoms with van der Waals surface area (Å²) in [5, 5.41) is 0. The molecule has 0 bridgehead atoms. The van der Waals surface area contributed by atoms with E-state index in [1.807, 2.05) is 48.6 Å². The minimum absolute atomic E-state index is 0.324. The second kappa shape index (κ2) is 7.42. The maximum Gasteiger partial charge on any atom is 0.338 e. The number of carbonyl (C=O) groups excluding carboxylic acids is 1. The van der Waals surface area contributed by atoms with Gasteiger partial charge in [-0.15, -0.1) is 0 Å².